The van der Waals surface area contributed by atoms with E-state index in [1.54, 1.807) is 0 Å². The number of benzene rings is 1. The molecule has 0 aliphatic carbocycles. The number of nitrogens with one attached hydrogen (secondary N) is 1. The molecule has 1 unspecified atom stereocenters. The topological polar surface area (TPSA) is 28.2 Å². The van der Waals surface area contributed by atoms with Crippen molar-refractivity contribution >= 4 is 17.3 Å². The van der Waals surface area contributed by atoms with E-state index in [0.717, 1.165) is 28.5 Å². The Morgan fingerprint density at radius 2 is 2.05 bits per heavy atom. The normalized spacial score (nSPS) is 12.2. The summed E-state index contributed by atoms with van der Waals surface area (Å²) < 4.78 is 0. The van der Waals surface area contributed by atoms with Crippen molar-refractivity contribution in [1.82, 2.24) is 10.3 Å². The van der Waals surface area contributed by atoms with E-state index < -0.39 is 0 Å². The first-order chi connectivity index (χ1) is 9.63. The highest BCUT2D eigenvalue weighted by molar-refractivity contribution is 6.31. The summed E-state index contributed by atoms with van der Waals surface area (Å²) in [6.45, 7) is 2.92. The van der Waals surface area contributed by atoms with Gasteiger partial charge in [-0.15, -0.1) is 0 Å². The van der Waals surface area contributed by atoms with E-state index >= 15 is 0 Å². The molecule has 3 nitrogen and oxygen atoms in total. The molecule has 0 aliphatic rings. The summed E-state index contributed by atoms with van der Waals surface area (Å²) in [6.07, 6.45) is 1.85. The maximum absolute atomic E-state index is 6.28. The zero-order valence-corrected chi connectivity index (χ0v) is 12.9. The maximum Gasteiger partial charge on any atom is 0.0562 e. The smallest absolute Gasteiger partial charge is 0.0562 e. The van der Waals surface area contributed by atoms with E-state index in [2.05, 4.69) is 41.3 Å². The second-order valence-electron chi connectivity index (χ2n) is 4.84. The van der Waals surface area contributed by atoms with Gasteiger partial charge in [0, 0.05) is 30.5 Å². The SMILES string of the molecule is CNCc1cc(N(C)C(C)c2ccccc2Cl)ccn1. The van der Waals surface area contributed by atoms with Crippen LogP contribution in [0.2, 0.25) is 5.02 Å². The molecule has 1 N–H and O–H groups in total. The van der Waals surface area contributed by atoms with Crippen molar-refractivity contribution in [3.05, 3.63) is 58.9 Å². The third-order valence-electron chi connectivity index (χ3n) is 3.50. The molecule has 1 aromatic heterocycles. The summed E-state index contributed by atoms with van der Waals surface area (Å²) in [5.41, 5.74) is 3.30. The molecule has 0 amide bonds. The van der Waals surface area contributed by atoms with Crippen LogP contribution in [0.5, 0.6) is 0 Å². The third kappa shape index (κ3) is 3.30. The zero-order valence-electron chi connectivity index (χ0n) is 12.1. The molecule has 2 aromatic rings. The number of nitrogens with zero attached hydrogens (tertiary/aromatic N) is 2. The molecular weight excluding hydrogens is 270 g/mol. The number of rotatable bonds is 5. The lowest BCUT2D eigenvalue weighted by Gasteiger charge is -2.28. The summed E-state index contributed by atoms with van der Waals surface area (Å²) in [5, 5.41) is 3.92. The average Bonchev–Trinajstić information content (AvgIpc) is 2.47. The Bertz CT molecular complexity index is 571. The highest BCUT2D eigenvalue weighted by Gasteiger charge is 2.15. The Morgan fingerprint density at radius 3 is 2.75 bits per heavy atom. The average molecular weight is 290 g/mol. The second-order valence-corrected chi connectivity index (χ2v) is 5.25. The van der Waals surface area contributed by atoms with Gasteiger partial charge in [-0.05, 0) is 37.7 Å². The minimum Gasteiger partial charge on any atom is -0.368 e. The molecule has 0 radical (unpaired) electrons. The second kappa shape index (κ2) is 6.73. The van der Waals surface area contributed by atoms with Gasteiger partial charge in [0.05, 0.1) is 11.7 Å². The van der Waals surface area contributed by atoms with Gasteiger partial charge in [0.15, 0.2) is 0 Å². The quantitative estimate of drug-likeness (QED) is 0.911. The largest absolute Gasteiger partial charge is 0.368 e. The van der Waals surface area contributed by atoms with E-state index in [9.17, 15) is 0 Å². The van der Waals surface area contributed by atoms with Crippen LogP contribution in [0.3, 0.4) is 0 Å². The first kappa shape index (κ1) is 14.8. The van der Waals surface area contributed by atoms with Crippen molar-refractivity contribution in [3.8, 4) is 0 Å². The Balaban J connectivity index is 2.24. The van der Waals surface area contributed by atoms with Crippen molar-refractivity contribution in [2.45, 2.75) is 19.5 Å². The number of aromatic nitrogens is 1. The van der Waals surface area contributed by atoms with E-state index in [1.165, 1.54) is 0 Å². The summed E-state index contributed by atoms with van der Waals surface area (Å²) in [4.78, 5) is 6.56. The fourth-order valence-corrected chi connectivity index (χ4v) is 2.50. The van der Waals surface area contributed by atoms with Crippen molar-refractivity contribution in [2.75, 3.05) is 19.0 Å². The number of anilines is 1. The van der Waals surface area contributed by atoms with E-state index in [4.69, 9.17) is 11.6 Å². The highest BCUT2D eigenvalue weighted by atomic mass is 35.5. The minimum absolute atomic E-state index is 0.202. The Hall–Kier alpha value is -1.58. The summed E-state index contributed by atoms with van der Waals surface area (Å²) in [7, 11) is 4.00. The molecule has 0 bridgehead atoms. The molecule has 2 rings (SSSR count). The molecule has 106 valence electrons. The van der Waals surface area contributed by atoms with E-state index in [-0.39, 0.29) is 6.04 Å². The van der Waals surface area contributed by atoms with Crippen molar-refractivity contribution in [3.63, 3.8) is 0 Å². The van der Waals surface area contributed by atoms with Crippen LogP contribution < -0.4 is 10.2 Å². The molecule has 1 aromatic carbocycles. The van der Waals surface area contributed by atoms with Gasteiger partial charge in [0.2, 0.25) is 0 Å². The van der Waals surface area contributed by atoms with Gasteiger partial charge in [0.25, 0.3) is 0 Å². The molecule has 0 spiro atoms. The van der Waals surface area contributed by atoms with Gasteiger partial charge in [-0.2, -0.15) is 0 Å². The fourth-order valence-electron chi connectivity index (χ4n) is 2.21. The molecule has 0 aliphatic heterocycles. The number of halogens is 1. The Labute approximate surface area is 125 Å². The molecular formula is C16H20ClN3. The van der Waals surface area contributed by atoms with Crippen LogP contribution in [0.25, 0.3) is 0 Å². The van der Waals surface area contributed by atoms with Gasteiger partial charge in [0.1, 0.15) is 0 Å². The standard InChI is InChI=1S/C16H20ClN3/c1-12(15-6-4-5-7-16(15)17)20(3)14-8-9-19-13(10-14)11-18-2/h4-10,12,18H,11H2,1-3H3. The van der Waals surface area contributed by atoms with E-state index in [0.29, 0.717) is 0 Å². The van der Waals surface area contributed by atoms with Crippen LogP contribution in [0, 0.1) is 0 Å². The Kier molecular flexibility index (Phi) is 4.99. The van der Waals surface area contributed by atoms with Gasteiger partial charge in [-0.25, -0.2) is 0 Å². The van der Waals surface area contributed by atoms with Gasteiger partial charge < -0.3 is 10.2 Å². The zero-order chi connectivity index (χ0) is 14.5. The fraction of sp³-hybridized carbons (Fsp3) is 0.312. The predicted octanol–water partition coefficient (Wildman–Crippen LogP) is 3.65. The number of hydrogen-bond donors (Lipinski definition) is 1. The molecule has 1 atom stereocenters. The molecule has 0 saturated heterocycles. The number of hydrogen-bond acceptors (Lipinski definition) is 3. The van der Waals surface area contributed by atoms with Gasteiger partial charge in [-0.3, -0.25) is 4.98 Å². The van der Waals surface area contributed by atoms with Crippen LogP contribution in [-0.2, 0) is 6.54 Å². The van der Waals surface area contributed by atoms with Crippen LogP contribution >= 0.6 is 11.6 Å². The van der Waals surface area contributed by atoms with Crippen LogP contribution in [0.1, 0.15) is 24.2 Å². The summed E-state index contributed by atoms with van der Waals surface area (Å²) in [6, 6.07) is 12.3. The predicted molar refractivity (Wildman–Crippen MR) is 85.3 cm³/mol. The van der Waals surface area contributed by atoms with Crippen molar-refractivity contribution in [2.24, 2.45) is 0 Å². The lowest BCUT2D eigenvalue weighted by molar-refractivity contribution is 0.734. The molecule has 4 heteroatoms. The molecule has 1 heterocycles. The maximum atomic E-state index is 6.28. The first-order valence-corrected chi connectivity index (χ1v) is 7.08. The molecule has 0 saturated carbocycles. The third-order valence-corrected chi connectivity index (χ3v) is 3.85. The van der Waals surface area contributed by atoms with Crippen LogP contribution in [0.4, 0.5) is 5.69 Å². The van der Waals surface area contributed by atoms with Crippen molar-refractivity contribution < 1.29 is 0 Å². The van der Waals surface area contributed by atoms with Gasteiger partial charge >= 0.3 is 0 Å². The number of pyridine rings is 1. The van der Waals surface area contributed by atoms with Crippen LogP contribution in [0.15, 0.2) is 42.6 Å². The summed E-state index contributed by atoms with van der Waals surface area (Å²) >= 11 is 6.28. The Morgan fingerprint density at radius 1 is 1.30 bits per heavy atom. The highest BCUT2D eigenvalue weighted by Crippen LogP contribution is 2.29. The molecule has 20 heavy (non-hydrogen) atoms. The van der Waals surface area contributed by atoms with E-state index in [1.807, 2.05) is 37.5 Å². The summed E-state index contributed by atoms with van der Waals surface area (Å²) in [5.74, 6) is 0. The lowest BCUT2D eigenvalue weighted by Crippen LogP contribution is -2.22. The lowest BCUT2D eigenvalue weighted by atomic mass is 10.1. The minimum atomic E-state index is 0.202. The van der Waals surface area contributed by atoms with Gasteiger partial charge in [-0.1, -0.05) is 29.8 Å². The van der Waals surface area contributed by atoms with Crippen molar-refractivity contribution in [1.29, 1.82) is 0 Å². The van der Waals surface area contributed by atoms with Crippen LogP contribution in [-0.4, -0.2) is 19.1 Å². The first-order valence-electron chi connectivity index (χ1n) is 6.70. The monoisotopic (exact) mass is 289 g/mol. The molecule has 0 fully saturated rings.